The topological polar surface area (TPSA) is 64.4 Å². The highest BCUT2D eigenvalue weighted by molar-refractivity contribution is 6.32. The van der Waals surface area contributed by atoms with Crippen LogP contribution in [0.4, 0.5) is 0 Å². The fraction of sp³-hybridized carbons (Fsp3) is 0.462. The van der Waals surface area contributed by atoms with Crippen molar-refractivity contribution in [2.45, 2.75) is 18.8 Å². The van der Waals surface area contributed by atoms with Crippen molar-refractivity contribution in [3.05, 3.63) is 28.8 Å². The minimum atomic E-state index is -0.220. The number of nitrogens with one attached hydrogen (secondary N) is 1. The minimum Gasteiger partial charge on any atom is -0.495 e. The summed E-state index contributed by atoms with van der Waals surface area (Å²) < 4.78 is 5.10. The molecule has 1 rings (SSSR count). The first-order valence-corrected chi connectivity index (χ1v) is 6.27. The van der Waals surface area contributed by atoms with E-state index in [4.69, 9.17) is 22.1 Å². The van der Waals surface area contributed by atoms with E-state index in [9.17, 15) is 4.79 Å². The first kappa shape index (κ1) is 14.8. The first-order valence-electron chi connectivity index (χ1n) is 5.89. The van der Waals surface area contributed by atoms with Gasteiger partial charge in [-0.1, -0.05) is 17.7 Å². The molecule has 0 saturated heterocycles. The zero-order valence-corrected chi connectivity index (χ0v) is 11.5. The van der Waals surface area contributed by atoms with Crippen LogP contribution in [-0.2, 0) is 4.79 Å². The lowest BCUT2D eigenvalue weighted by Crippen LogP contribution is -2.26. The molecular formula is C13H19ClN2O2. The summed E-state index contributed by atoms with van der Waals surface area (Å²) >= 11 is 6.07. The summed E-state index contributed by atoms with van der Waals surface area (Å²) in [5, 5.41) is 3.18. The number of likely N-dealkylation sites (N-methyl/N-ethyl adjacent to an activating group) is 1. The third kappa shape index (κ3) is 3.62. The number of hydrogen-bond donors (Lipinski definition) is 2. The molecule has 0 aliphatic carbocycles. The van der Waals surface area contributed by atoms with Crippen LogP contribution in [0, 0.1) is 0 Å². The van der Waals surface area contributed by atoms with Crippen LogP contribution in [0.3, 0.4) is 0 Å². The maximum absolute atomic E-state index is 11.9. The Labute approximate surface area is 112 Å². The van der Waals surface area contributed by atoms with Crippen LogP contribution < -0.4 is 15.8 Å². The quantitative estimate of drug-likeness (QED) is 0.830. The van der Waals surface area contributed by atoms with Gasteiger partial charge in [-0.25, -0.2) is 0 Å². The molecule has 1 atom stereocenters. The van der Waals surface area contributed by atoms with E-state index in [1.165, 1.54) is 0 Å². The molecule has 1 amide bonds. The molecule has 0 heterocycles. The maximum Gasteiger partial charge on any atom is 0.227 e. The molecule has 0 spiro atoms. The Hall–Kier alpha value is -1.26. The van der Waals surface area contributed by atoms with Crippen LogP contribution in [0.1, 0.15) is 24.3 Å². The van der Waals surface area contributed by atoms with Crippen molar-refractivity contribution in [3.8, 4) is 5.75 Å². The average Bonchev–Trinajstić information content (AvgIpc) is 2.39. The number of hydrogen-bond acceptors (Lipinski definition) is 3. The predicted molar refractivity (Wildman–Crippen MR) is 73.1 cm³/mol. The van der Waals surface area contributed by atoms with Crippen molar-refractivity contribution in [2.75, 3.05) is 20.7 Å². The highest BCUT2D eigenvalue weighted by atomic mass is 35.5. The van der Waals surface area contributed by atoms with Gasteiger partial charge in [-0.2, -0.15) is 0 Å². The predicted octanol–water partition coefficient (Wildman–Crippen LogP) is 1.92. The fourth-order valence-electron chi connectivity index (χ4n) is 1.84. The molecule has 1 aromatic rings. The summed E-state index contributed by atoms with van der Waals surface area (Å²) in [5.74, 6) is 0.363. The number of halogens is 1. The summed E-state index contributed by atoms with van der Waals surface area (Å²) in [6, 6.07) is 5.41. The van der Waals surface area contributed by atoms with Gasteiger partial charge in [0, 0.05) is 7.05 Å². The number of carbonyl (C=O) groups excluding carboxylic acids is 1. The lowest BCUT2D eigenvalue weighted by molar-refractivity contribution is -0.122. The molecule has 1 aromatic carbocycles. The monoisotopic (exact) mass is 270 g/mol. The molecule has 0 aliphatic rings. The van der Waals surface area contributed by atoms with E-state index in [1.54, 1.807) is 26.3 Å². The van der Waals surface area contributed by atoms with Gasteiger partial charge < -0.3 is 15.8 Å². The van der Waals surface area contributed by atoms with Gasteiger partial charge in [-0.15, -0.1) is 0 Å². The Bertz CT molecular complexity index is 410. The Morgan fingerprint density at radius 2 is 2.28 bits per heavy atom. The summed E-state index contributed by atoms with van der Waals surface area (Å²) in [4.78, 5) is 11.9. The van der Waals surface area contributed by atoms with Crippen molar-refractivity contribution in [1.82, 2.24) is 5.32 Å². The summed E-state index contributed by atoms with van der Waals surface area (Å²) in [7, 11) is 3.19. The Kier molecular flexibility index (Phi) is 5.95. The van der Waals surface area contributed by atoms with Crippen LogP contribution >= 0.6 is 11.6 Å². The van der Waals surface area contributed by atoms with Crippen LogP contribution in [-0.4, -0.2) is 26.6 Å². The van der Waals surface area contributed by atoms with Crippen LogP contribution in [0.2, 0.25) is 5.02 Å². The lowest BCUT2D eigenvalue weighted by Gasteiger charge is -2.16. The largest absolute Gasteiger partial charge is 0.495 e. The number of nitrogens with two attached hydrogens (primary N) is 1. The SMILES string of the molecule is CNC(=O)C(CCCN)c1ccc(OC)c(Cl)c1. The second-order valence-corrected chi connectivity index (χ2v) is 4.40. The Morgan fingerprint density at radius 3 is 2.78 bits per heavy atom. The average molecular weight is 271 g/mol. The number of carbonyl (C=O) groups is 1. The normalized spacial score (nSPS) is 12.0. The van der Waals surface area contributed by atoms with E-state index < -0.39 is 0 Å². The van der Waals surface area contributed by atoms with Gasteiger partial charge in [0.15, 0.2) is 0 Å². The number of methoxy groups -OCH3 is 1. The van der Waals surface area contributed by atoms with Gasteiger partial charge in [-0.3, -0.25) is 4.79 Å². The number of amides is 1. The summed E-state index contributed by atoms with van der Waals surface area (Å²) in [6.07, 6.45) is 1.50. The third-order valence-electron chi connectivity index (χ3n) is 2.84. The van der Waals surface area contributed by atoms with Crippen molar-refractivity contribution in [3.63, 3.8) is 0 Å². The van der Waals surface area contributed by atoms with Crippen molar-refractivity contribution in [2.24, 2.45) is 5.73 Å². The van der Waals surface area contributed by atoms with E-state index in [0.717, 1.165) is 12.0 Å². The Morgan fingerprint density at radius 1 is 1.56 bits per heavy atom. The number of benzene rings is 1. The summed E-state index contributed by atoms with van der Waals surface area (Å²) in [5.41, 5.74) is 6.38. The smallest absolute Gasteiger partial charge is 0.227 e. The van der Waals surface area contributed by atoms with Crippen molar-refractivity contribution >= 4 is 17.5 Å². The number of rotatable bonds is 6. The van der Waals surface area contributed by atoms with Crippen molar-refractivity contribution < 1.29 is 9.53 Å². The van der Waals surface area contributed by atoms with Gasteiger partial charge in [0.2, 0.25) is 5.91 Å². The van der Waals surface area contributed by atoms with E-state index in [0.29, 0.717) is 23.7 Å². The molecule has 0 fully saturated rings. The second kappa shape index (κ2) is 7.24. The molecule has 0 bridgehead atoms. The highest BCUT2D eigenvalue weighted by Crippen LogP contribution is 2.30. The Balaban J connectivity index is 2.97. The molecule has 3 N–H and O–H groups in total. The zero-order chi connectivity index (χ0) is 13.5. The maximum atomic E-state index is 11.9. The minimum absolute atomic E-state index is 0.0234. The van der Waals surface area contributed by atoms with Gasteiger partial charge >= 0.3 is 0 Å². The van der Waals surface area contributed by atoms with Gasteiger partial charge in [0.25, 0.3) is 0 Å². The molecule has 18 heavy (non-hydrogen) atoms. The standard InChI is InChI=1S/C13H19ClN2O2/c1-16-13(17)10(4-3-7-15)9-5-6-12(18-2)11(14)8-9/h5-6,8,10H,3-4,7,15H2,1-2H3,(H,16,17). The van der Waals surface area contributed by atoms with Crippen LogP contribution in [0.5, 0.6) is 5.75 Å². The fourth-order valence-corrected chi connectivity index (χ4v) is 2.11. The third-order valence-corrected chi connectivity index (χ3v) is 3.13. The van der Waals surface area contributed by atoms with Crippen LogP contribution in [0.25, 0.3) is 0 Å². The van der Waals surface area contributed by atoms with Crippen LogP contribution in [0.15, 0.2) is 18.2 Å². The summed E-state index contributed by atoms with van der Waals surface area (Å²) in [6.45, 7) is 0.567. The first-order chi connectivity index (χ1) is 8.63. The molecule has 0 radical (unpaired) electrons. The molecule has 0 saturated carbocycles. The van der Waals surface area contributed by atoms with E-state index in [-0.39, 0.29) is 11.8 Å². The zero-order valence-electron chi connectivity index (χ0n) is 10.7. The lowest BCUT2D eigenvalue weighted by atomic mass is 9.93. The number of ether oxygens (including phenoxy) is 1. The molecule has 1 unspecified atom stereocenters. The molecule has 100 valence electrons. The van der Waals surface area contributed by atoms with E-state index in [2.05, 4.69) is 5.32 Å². The molecule has 0 aliphatic heterocycles. The molecule has 4 nitrogen and oxygen atoms in total. The van der Waals surface area contributed by atoms with Gasteiger partial charge in [0.05, 0.1) is 18.1 Å². The van der Waals surface area contributed by atoms with E-state index in [1.807, 2.05) is 6.07 Å². The molecular weight excluding hydrogens is 252 g/mol. The highest BCUT2D eigenvalue weighted by Gasteiger charge is 2.19. The van der Waals surface area contributed by atoms with Gasteiger partial charge in [0.1, 0.15) is 5.75 Å². The molecule has 0 aromatic heterocycles. The van der Waals surface area contributed by atoms with E-state index >= 15 is 0 Å². The molecule has 5 heteroatoms. The van der Waals surface area contributed by atoms with Crippen molar-refractivity contribution in [1.29, 1.82) is 0 Å². The second-order valence-electron chi connectivity index (χ2n) is 3.99. The van der Waals surface area contributed by atoms with Gasteiger partial charge in [-0.05, 0) is 37.1 Å².